The number of halogens is 1. The van der Waals surface area contributed by atoms with Crippen molar-refractivity contribution in [3.05, 3.63) is 34.9 Å². The van der Waals surface area contributed by atoms with Gasteiger partial charge in [0.1, 0.15) is 18.6 Å². The van der Waals surface area contributed by atoms with Crippen molar-refractivity contribution in [3.8, 4) is 0 Å². The van der Waals surface area contributed by atoms with E-state index in [-0.39, 0.29) is 18.7 Å². The highest BCUT2D eigenvalue weighted by atomic mass is 35.5. The number of hydrogen-bond acceptors (Lipinski definition) is 5. The minimum atomic E-state index is -0.627. The van der Waals surface area contributed by atoms with Crippen LogP contribution in [0.2, 0.25) is 5.02 Å². The summed E-state index contributed by atoms with van der Waals surface area (Å²) >= 11 is 5.94. The average Bonchev–Trinajstić information content (AvgIpc) is 2.85. The zero-order valence-corrected chi connectivity index (χ0v) is 16.1. The maximum atomic E-state index is 12.8. The fourth-order valence-electron chi connectivity index (χ4n) is 4.28. The molecule has 1 aromatic rings. The Hall–Kier alpha value is -1.59. The summed E-state index contributed by atoms with van der Waals surface area (Å²) in [5.74, 6) is -1.37. The molecule has 1 aromatic carbocycles. The third-order valence-electron chi connectivity index (χ3n) is 5.50. The van der Waals surface area contributed by atoms with Crippen LogP contribution in [0.1, 0.15) is 51.0 Å². The first-order chi connectivity index (χ1) is 12.5. The Morgan fingerprint density at radius 3 is 2.35 bits per heavy atom. The number of ether oxygens (including phenoxy) is 2. The lowest BCUT2D eigenvalue weighted by atomic mass is 9.98. The van der Waals surface area contributed by atoms with Gasteiger partial charge in [0.25, 0.3) is 0 Å². The summed E-state index contributed by atoms with van der Waals surface area (Å²) in [6.45, 7) is 4.56. The number of esters is 2. The largest absolute Gasteiger partial charge is 0.465 e. The molecule has 0 radical (unpaired) electrons. The highest BCUT2D eigenvalue weighted by molar-refractivity contribution is 6.30. The normalized spacial score (nSPS) is 26.3. The maximum absolute atomic E-state index is 12.8. The van der Waals surface area contributed by atoms with Crippen LogP contribution in [0.15, 0.2) is 24.3 Å². The van der Waals surface area contributed by atoms with E-state index >= 15 is 0 Å². The lowest BCUT2D eigenvalue weighted by Crippen LogP contribution is -2.46. The summed E-state index contributed by atoms with van der Waals surface area (Å²) in [6, 6.07) is 8.04. The second-order valence-corrected chi connectivity index (χ2v) is 7.59. The van der Waals surface area contributed by atoms with Gasteiger partial charge in [0.05, 0.1) is 0 Å². The Morgan fingerprint density at radius 2 is 1.81 bits per heavy atom. The van der Waals surface area contributed by atoms with Gasteiger partial charge < -0.3 is 9.47 Å². The molecule has 0 amide bonds. The second kappa shape index (κ2) is 8.40. The molecule has 0 aliphatic carbocycles. The topological polar surface area (TPSA) is 55.8 Å². The van der Waals surface area contributed by atoms with E-state index in [0.717, 1.165) is 24.9 Å². The Labute approximate surface area is 159 Å². The second-order valence-electron chi connectivity index (χ2n) is 7.15. The summed E-state index contributed by atoms with van der Waals surface area (Å²) in [7, 11) is 0. The van der Waals surface area contributed by atoms with Crippen LogP contribution >= 0.6 is 11.6 Å². The summed E-state index contributed by atoms with van der Waals surface area (Å²) in [5.41, 5.74) is 0.745. The molecule has 2 bridgehead atoms. The third-order valence-corrected chi connectivity index (χ3v) is 5.75. The molecule has 1 unspecified atom stereocenters. The van der Waals surface area contributed by atoms with Crippen LogP contribution in [0.3, 0.4) is 0 Å². The minimum Gasteiger partial charge on any atom is -0.465 e. The SMILES string of the molecule is CCN1[C@@H]2CC[C@H]1CC(OC(=O)[C@H](COC(C)=O)c1ccc(Cl)cc1)C2. The van der Waals surface area contributed by atoms with Crippen molar-refractivity contribution >= 4 is 23.5 Å². The number of nitrogens with zero attached hydrogens (tertiary/aromatic N) is 1. The van der Waals surface area contributed by atoms with E-state index in [0.29, 0.717) is 17.1 Å². The number of piperidine rings is 1. The number of benzene rings is 1. The van der Waals surface area contributed by atoms with E-state index in [9.17, 15) is 9.59 Å². The molecule has 2 heterocycles. The van der Waals surface area contributed by atoms with Crippen molar-refractivity contribution in [1.29, 1.82) is 0 Å². The molecule has 0 saturated carbocycles. The van der Waals surface area contributed by atoms with Crippen molar-refractivity contribution in [2.24, 2.45) is 0 Å². The molecule has 2 fully saturated rings. The number of carbonyl (C=O) groups excluding carboxylic acids is 2. The predicted octanol–water partition coefficient (Wildman–Crippen LogP) is 3.55. The van der Waals surface area contributed by atoms with Gasteiger partial charge in [-0.05, 0) is 37.1 Å². The van der Waals surface area contributed by atoms with Crippen molar-refractivity contribution in [1.82, 2.24) is 4.90 Å². The van der Waals surface area contributed by atoms with E-state index < -0.39 is 11.9 Å². The first kappa shape index (κ1) is 19.2. The molecule has 26 heavy (non-hydrogen) atoms. The molecule has 5 nitrogen and oxygen atoms in total. The smallest absolute Gasteiger partial charge is 0.317 e. The lowest BCUT2D eigenvalue weighted by Gasteiger charge is -2.38. The summed E-state index contributed by atoms with van der Waals surface area (Å²) in [5, 5.41) is 0.594. The Kier molecular flexibility index (Phi) is 6.20. The van der Waals surface area contributed by atoms with E-state index in [1.54, 1.807) is 24.3 Å². The molecule has 6 heteroatoms. The summed E-state index contributed by atoms with van der Waals surface area (Å²) in [6.07, 6.45) is 4.07. The van der Waals surface area contributed by atoms with E-state index in [1.165, 1.54) is 19.8 Å². The molecule has 2 saturated heterocycles. The van der Waals surface area contributed by atoms with Crippen LogP contribution < -0.4 is 0 Å². The number of carbonyl (C=O) groups is 2. The van der Waals surface area contributed by atoms with Crippen LogP contribution in [-0.4, -0.2) is 48.2 Å². The Bertz CT molecular complexity index is 634. The zero-order chi connectivity index (χ0) is 18.7. The number of fused-ring (bicyclic) bond motifs is 2. The molecule has 0 spiro atoms. The van der Waals surface area contributed by atoms with Gasteiger partial charge in [-0.1, -0.05) is 30.7 Å². The van der Waals surface area contributed by atoms with Gasteiger partial charge in [-0.25, -0.2) is 0 Å². The van der Waals surface area contributed by atoms with E-state index in [2.05, 4.69) is 11.8 Å². The van der Waals surface area contributed by atoms with Crippen LogP contribution in [0.5, 0.6) is 0 Å². The van der Waals surface area contributed by atoms with Gasteiger partial charge in [0.2, 0.25) is 0 Å². The standard InChI is InChI=1S/C20H26ClNO4/c1-3-22-16-8-9-17(22)11-18(10-16)26-20(24)19(12-25-13(2)23)14-4-6-15(21)7-5-14/h4-7,16-19H,3,8-12H2,1-2H3/t16-,17+,18?,19-/m1/s1. The highest BCUT2D eigenvalue weighted by Crippen LogP contribution is 2.37. The monoisotopic (exact) mass is 379 g/mol. The molecule has 4 atom stereocenters. The van der Waals surface area contributed by atoms with Gasteiger partial charge >= 0.3 is 11.9 Å². The van der Waals surface area contributed by atoms with Crippen molar-refractivity contribution in [2.75, 3.05) is 13.2 Å². The van der Waals surface area contributed by atoms with E-state index in [4.69, 9.17) is 21.1 Å². The third kappa shape index (κ3) is 4.38. The van der Waals surface area contributed by atoms with Gasteiger partial charge in [-0.2, -0.15) is 0 Å². The van der Waals surface area contributed by atoms with Crippen LogP contribution in [-0.2, 0) is 19.1 Å². The fourth-order valence-corrected chi connectivity index (χ4v) is 4.41. The predicted molar refractivity (Wildman–Crippen MR) is 99.1 cm³/mol. The maximum Gasteiger partial charge on any atom is 0.317 e. The van der Waals surface area contributed by atoms with Crippen LogP contribution in [0, 0.1) is 0 Å². The summed E-state index contributed by atoms with van der Waals surface area (Å²) < 4.78 is 11.0. The Balaban J connectivity index is 1.67. The molecule has 0 aromatic heterocycles. The minimum absolute atomic E-state index is 0.0174. The quantitative estimate of drug-likeness (QED) is 0.707. The van der Waals surface area contributed by atoms with Crippen molar-refractivity contribution in [3.63, 3.8) is 0 Å². The summed E-state index contributed by atoms with van der Waals surface area (Å²) in [4.78, 5) is 26.6. The average molecular weight is 380 g/mol. The number of hydrogen-bond donors (Lipinski definition) is 0. The number of rotatable bonds is 6. The molecule has 2 aliphatic rings. The van der Waals surface area contributed by atoms with Gasteiger partial charge in [0, 0.05) is 36.9 Å². The van der Waals surface area contributed by atoms with Crippen molar-refractivity contribution in [2.45, 2.75) is 63.6 Å². The first-order valence-electron chi connectivity index (χ1n) is 9.33. The molecule has 0 N–H and O–H groups in total. The fraction of sp³-hybridized carbons (Fsp3) is 0.600. The molecule has 2 aliphatic heterocycles. The molecule has 142 valence electrons. The molecule has 3 rings (SSSR count). The zero-order valence-electron chi connectivity index (χ0n) is 15.3. The first-order valence-corrected chi connectivity index (χ1v) is 9.70. The van der Waals surface area contributed by atoms with Crippen molar-refractivity contribution < 1.29 is 19.1 Å². The van der Waals surface area contributed by atoms with Crippen LogP contribution in [0.4, 0.5) is 0 Å². The van der Waals surface area contributed by atoms with Crippen LogP contribution in [0.25, 0.3) is 0 Å². The van der Waals surface area contributed by atoms with E-state index in [1.807, 2.05) is 0 Å². The lowest BCUT2D eigenvalue weighted by molar-refractivity contribution is -0.157. The van der Waals surface area contributed by atoms with Gasteiger partial charge in [-0.3, -0.25) is 14.5 Å². The molecular weight excluding hydrogens is 354 g/mol. The molecular formula is C20H26ClNO4. The van der Waals surface area contributed by atoms with Gasteiger partial charge in [0.15, 0.2) is 0 Å². The highest BCUT2D eigenvalue weighted by Gasteiger charge is 2.41. The Morgan fingerprint density at radius 1 is 1.19 bits per heavy atom. The van der Waals surface area contributed by atoms with Gasteiger partial charge in [-0.15, -0.1) is 0 Å².